The summed E-state index contributed by atoms with van der Waals surface area (Å²) in [7, 11) is 0. The van der Waals surface area contributed by atoms with Gasteiger partial charge in [-0.05, 0) is 41.7 Å². The minimum atomic E-state index is -0.981. The second-order valence-electron chi connectivity index (χ2n) is 5.42. The van der Waals surface area contributed by atoms with Crippen molar-refractivity contribution in [1.82, 2.24) is 0 Å². The third-order valence-electron chi connectivity index (χ3n) is 3.70. The van der Waals surface area contributed by atoms with Crippen molar-refractivity contribution in [2.24, 2.45) is 0 Å². The van der Waals surface area contributed by atoms with Gasteiger partial charge in [0.2, 0.25) is 0 Å². The summed E-state index contributed by atoms with van der Waals surface area (Å²) in [6.07, 6.45) is 2.35. The summed E-state index contributed by atoms with van der Waals surface area (Å²) < 4.78 is 60.3. The van der Waals surface area contributed by atoms with Crippen LogP contribution in [0.25, 0.3) is 11.6 Å². The van der Waals surface area contributed by atoms with E-state index in [2.05, 4.69) is 0 Å². The maximum atomic E-state index is 14.3. The quantitative estimate of drug-likeness (QED) is 0.709. The van der Waals surface area contributed by atoms with Gasteiger partial charge in [-0.2, -0.15) is 0 Å². The highest BCUT2D eigenvalue weighted by molar-refractivity contribution is 5.89. The van der Waals surface area contributed by atoms with E-state index in [1.54, 1.807) is 0 Å². The molecule has 0 aliphatic heterocycles. The van der Waals surface area contributed by atoms with Crippen LogP contribution < -0.4 is 4.74 Å². The third-order valence-corrected chi connectivity index (χ3v) is 3.70. The highest BCUT2D eigenvalue weighted by atomic mass is 19.2. The average molecular weight is 322 g/mol. The number of rotatable bonds is 4. The van der Waals surface area contributed by atoms with E-state index in [1.807, 2.05) is 6.92 Å². The largest absolute Gasteiger partial charge is 0.493 e. The van der Waals surface area contributed by atoms with Gasteiger partial charge in [0.1, 0.15) is 17.4 Å². The average Bonchev–Trinajstić information content (AvgIpc) is 2.87. The summed E-state index contributed by atoms with van der Waals surface area (Å²) in [4.78, 5) is 0. The Bertz CT molecular complexity index is 773. The fourth-order valence-corrected chi connectivity index (χ4v) is 2.66. The normalized spacial score (nSPS) is 13.0. The zero-order valence-corrected chi connectivity index (χ0v) is 12.4. The van der Waals surface area contributed by atoms with Crippen LogP contribution in [-0.2, 0) is 6.42 Å². The van der Waals surface area contributed by atoms with Crippen molar-refractivity contribution in [3.8, 4) is 5.75 Å². The summed E-state index contributed by atoms with van der Waals surface area (Å²) in [5.74, 6) is -3.33. The van der Waals surface area contributed by atoms with Crippen LogP contribution in [0.4, 0.5) is 17.6 Å². The van der Waals surface area contributed by atoms with Gasteiger partial charge >= 0.3 is 0 Å². The molecule has 23 heavy (non-hydrogen) atoms. The van der Waals surface area contributed by atoms with Gasteiger partial charge < -0.3 is 4.74 Å². The first-order chi connectivity index (χ1) is 11.0. The number of hydrogen-bond acceptors (Lipinski definition) is 1. The van der Waals surface area contributed by atoms with Crippen LogP contribution in [0.15, 0.2) is 24.3 Å². The fourth-order valence-electron chi connectivity index (χ4n) is 2.66. The summed E-state index contributed by atoms with van der Waals surface area (Å²) in [5.41, 5.74) is 1.10. The van der Waals surface area contributed by atoms with Gasteiger partial charge in [-0.25, -0.2) is 17.6 Å². The van der Waals surface area contributed by atoms with Crippen molar-refractivity contribution in [3.05, 3.63) is 64.2 Å². The predicted octanol–water partition coefficient (Wildman–Crippen LogP) is 5.13. The second kappa shape index (κ2) is 6.07. The van der Waals surface area contributed by atoms with Crippen molar-refractivity contribution >= 4 is 11.6 Å². The number of benzene rings is 2. The van der Waals surface area contributed by atoms with Crippen LogP contribution in [-0.4, -0.2) is 6.61 Å². The number of hydrogen-bond donors (Lipinski definition) is 0. The topological polar surface area (TPSA) is 9.23 Å². The number of allylic oxidation sites excluding steroid dienone is 1. The van der Waals surface area contributed by atoms with Crippen molar-refractivity contribution in [2.75, 3.05) is 6.61 Å². The minimum Gasteiger partial charge on any atom is -0.493 e. The number of fused-ring (bicyclic) bond motifs is 1. The first-order valence-electron chi connectivity index (χ1n) is 7.30. The Morgan fingerprint density at radius 1 is 0.913 bits per heavy atom. The molecule has 0 spiro atoms. The van der Waals surface area contributed by atoms with Gasteiger partial charge in [0.25, 0.3) is 0 Å². The molecule has 5 heteroatoms. The molecule has 0 amide bonds. The Labute approximate surface area is 131 Å². The van der Waals surface area contributed by atoms with E-state index >= 15 is 0 Å². The molecule has 0 bridgehead atoms. The van der Waals surface area contributed by atoms with E-state index in [9.17, 15) is 17.6 Å². The molecule has 0 fully saturated rings. The summed E-state index contributed by atoms with van der Waals surface area (Å²) in [5, 5.41) is 0. The SMILES string of the molecule is CCCOc1cc(F)c(C2=Cc3cc(F)c(F)cc3C2)c(F)c1. The van der Waals surface area contributed by atoms with E-state index in [-0.39, 0.29) is 17.7 Å². The first kappa shape index (κ1) is 15.6. The highest BCUT2D eigenvalue weighted by Gasteiger charge is 2.22. The van der Waals surface area contributed by atoms with Crippen molar-refractivity contribution < 1.29 is 22.3 Å². The lowest BCUT2D eigenvalue weighted by Crippen LogP contribution is -2.00. The monoisotopic (exact) mass is 322 g/mol. The molecule has 0 heterocycles. The van der Waals surface area contributed by atoms with E-state index in [1.165, 1.54) is 6.08 Å². The van der Waals surface area contributed by atoms with Crippen molar-refractivity contribution in [1.29, 1.82) is 0 Å². The van der Waals surface area contributed by atoms with Crippen LogP contribution in [0.3, 0.4) is 0 Å². The Kier molecular flexibility index (Phi) is 4.11. The number of ether oxygens (including phenoxy) is 1. The molecule has 0 N–H and O–H groups in total. The number of halogens is 4. The van der Waals surface area contributed by atoms with Gasteiger partial charge in [0, 0.05) is 17.7 Å². The molecule has 1 nitrogen and oxygen atoms in total. The molecule has 0 atom stereocenters. The lowest BCUT2D eigenvalue weighted by Gasteiger charge is -2.10. The zero-order chi connectivity index (χ0) is 16.6. The van der Waals surface area contributed by atoms with Crippen molar-refractivity contribution in [3.63, 3.8) is 0 Å². The molecular formula is C18H14F4O. The zero-order valence-electron chi connectivity index (χ0n) is 12.4. The predicted molar refractivity (Wildman–Crippen MR) is 80.1 cm³/mol. The minimum absolute atomic E-state index is 0.124. The summed E-state index contributed by atoms with van der Waals surface area (Å²) in [6.45, 7) is 2.25. The molecule has 1 aliphatic carbocycles. The van der Waals surface area contributed by atoms with Crippen LogP contribution in [0, 0.1) is 23.3 Å². The molecule has 2 aromatic carbocycles. The van der Waals surface area contributed by atoms with Gasteiger partial charge in [-0.1, -0.05) is 13.0 Å². The van der Waals surface area contributed by atoms with Gasteiger partial charge in [0.05, 0.1) is 6.61 Å². The van der Waals surface area contributed by atoms with E-state index in [4.69, 9.17) is 4.74 Å². The molecule has 0 saturated heterocycles. The van der Waals surface area contributed by atoms with Crippen LogP contribution in [0.1, 0.15) is 30.0 Å². The molecule has 2 aromatic rings. The van der Waals surface area contributed by atoms with Gasteiger partial charge in [-0.15, -0.1) is 0 Å². The lowest BCUT2D eigenvalue weighted by molar-refractivity contribution is 0.313. The molecule has 3 rings (SSSR count). The standard InChI is InChI=1S/C18H14F4O/c1-2-3-23-13-8-16(21)18(17(22)9-13)12-4-10-6-14(19)15(20)7-11(10)5-12/h4,6-9H,2-3,5H2,1H3. The summed E-state index contributed by atoms with van der Waals surface area (Å²) >= 11 is 0. The Balaban J connectivity index is 1.96. The highest BCUT2D eigenvalue weighted by Crippen LogP contribution is 2.36. The molecule has 0 unspecified atom stereocenters. The van der Waals surface area contributed by atoms with Crippen LogP contribution in [0.5, 0.6) is 5.75 Å². The van der Waals surface area contributed by atoms with Crippen molar-refractivity contribution in [2.45, 2.75) is 19.8 Å². The summed E-state index contributed by atoms with van der Waals surface area (Å²) in [6, 6.07) is 4.34. The van der Waals surface area contributed by atoms with Crippen LogP contribution >= 0.6 is 0 Å². The van der Waals surface area contributed by atoms with E-state index in [0.29, 0.717) is 23.3 Å². The second-order valence-corrected chi connectivity index (χ2v) is 5.42. The Morgan fingerprint density at radius 2 is 1.57 bits per heavy atom. The maximum absolute atomic E-state index is 14.3. The lowest BCUT2D eigenvalue weighted by atomic mass is 10.0. The maximum Gasteiger partial charge on any atom is 0.159 e. The Morgan fingerprint density at radius 3 is 2.22 bits per heavy atom. The third kappa shape index (κ3) is 2.96. The molecular weight excluding hydrogens is 308 g/mol. The molecule has 1 aliphatic rings. The molecule has 0 radical (unpaired) electrons. The van der Waals surface area contributed by atoms with Crippen LogP contribution in [0.2, 0.25) is 0 Å². The van der Waals surface area contributed by atoms with E-state index in [0.717, 1.165) is 30.7 Å². The fraction of sp³-hybridized carbons (Fsp3) is 0.222. The van der Waals surface area contributed by atoms with E-state index < -0.39 is 23.3 Å². The van der Waals surface area contributed by atoms with Gasteiger partial charge in [0.15, 0.2) is 11.6 Å². The Hall–Kier alpha value is -2.30. The molecule has 120 valence electrons. The van der Waals surface area contributed by atoms with Gasteiger partial charge in [-0.3, -0.25) is 0 Å². The molecule has 0 saturated carbocycles. The molecule has 0 aromatic heterocycles. The first-order valence-corrected chi connectivity index (χ1v) is 7.30. The smallest absolute Gasteiger partial charge is 0.159 e.